The highest BCUT2D eigenvalue weighted by Crippen LogP contribution is 2.08. The summed E-state index contributed by atoms with van der Waals surface area (Å²) in [6.07, 6.45) is 10.1. The van der Waals surface area contributed by atoms with Crippen molar-refractivity contribution in [2.75, 3.05) is 0 Å². The van der Waals surface area contributed by atoms with Crippen LogP contribution in [-0.2, 0) is 54.5 Å². The van der Waals surface area contributed by atoms with Crippen molar-refractivity contribution in [1.82, 2.24) is 61.1 Å². The average Bonchev–Trinajstić information content (AvgIpc) is 3.91. The number of carboxylic acid groups (broad SMARTS) is 2. The van der Waals surface area contributed by atoms with Crippen LogP contribution >= 0.6 is 0 Å². The van der Waals surface area contributed by atoms with E-state index in [4.69, 9.17) is 5.73 Å². The number of imidazole rings is 4. The molecule has 21 heteroatoms. The molecule has 4 amide bonds. The third-order valence-corrected chi connectivity index (χ3v) is 7.39. The number of rotatable bonds is 20. The Kier molecular flexibility index (Phi) is 12.9. The minimum atomic E-state index is -1.51. The van der Waals surface area contributed by atoms with Crippen LogP contribution in [-0.4, -0.2) is 116 Å². The number of carbonyl (C=O) groups excluding carboxylic acids is 4. The van der Waals surface area contributed by atoms with Crippen molar-refractivity contribution in [3.05, 3.63) is 72.9 Å². The van der Waals surface area contributed by atoms with Gasteiger partial charge in [-0.1, -0.05) is 0 Å². The number of aromatic amines is 4. The Hall–Kier alpha value is -6.38. The molecule has 0 saturated carbocycles. The van der Waals surface area contributed by atoms with Crippen LogP contribution in [0.4, 0.5) is 0 Å². The molecule has 4 aromatic heterocycles. The fraction of sp³-hybridized carbons (Fsp3) is 0.379. The summed E-state index contributed by atoms with van der Waals surface area (Å²) in [6.45, 7) is 0. The molecule has 0 aromatic carbocycles. The molecule has 0 spiro atoms. The maximum atomic E-state index is 13.7. The molecule has 0 aliphatic carbocycles. The Morgan fingerprint density at radius 1 is 0.560 bits per heavy atom. The molecular weight excluding hydrogens is 658 g/mol. The number of nitrogens with two attached hydrogens (primary N) is 1. The van der Waals surface area contributed by atoms with Crippen LogP contribution in [0.1, 0.15) is 35.6 Å². The summed E-state index contributed by atoms with van der Waals surface area (Å²) in [5.74, 6) is -6.02. The Labute approximate surface area is 283 Å². The van der Waals surface area contributed by atoms with Crippen molar-refractivity contribution in [2.24, 2.45) is 5.73 Å². The molecular formula is C29H37N13O8. The van der Waals surface area contributed by atoms with E-state index in [0.717, 1.165) is 0 Å². The zero-order chi connectivity index (χ0) is 36.0. The van der Waals surface area contributed by atoms with Crippen LogP contribution in [0.5, 0.6) is 0 Å². The number of carboxylic acids is 2. The van der Waals surface area contributed by atoms with Gasteiger partial charge in [0.15, 0.2) is 0 Å². The van der Waals surface area contributed by atoms with Gasteiger partial charge in [0.25, 0.3) is 0 Å². The van der Waals surface area contributed by atoms with Crippen LogP contribution in [0.2, 0.25) is 0 Å². The first-order chi connectivity index (χ1) is 24.0. The van der Waals surface area contributed by atoms with Gasteiger partial charge in [0, 0.05) is 56.9 Å². The van der Waals surface area contributed by atoms with E-state index in [1.54, 1.807) is 6.20 Å². The smallest absolute Gasteiger partial charge is 0.326 e. The number of hydrogen-bond donors (Lipinski definition) is 11. The summed E-state index contributed by atoms with van der Waals surface area (Å²) < 4.78 is 0. The Morgan fingerprint density at radius 2 is 0.920 bits per heavy atom. The highest BCUT2D eigenvalue weighted by atomic mass is 16.4. The molecule has 5 atom stereocenters. The van der Waals surface area contributed by atoms with Crippen molar-refractivity contribution in [1.29, 1.82) is 0 Å². The summed E-state index contributed by atoms with van der Waals surface area (Å²) >= 11 is 0. The number of nitrogens with zero attached hydrogens (tertiary/aromatic N) is 4. The van der Waals surface area contributed by atoms with E-state index in [1.165, 1.54) is 43.9 Å². The number of H-pyrrole nitrogens is 4. The molecule has 0 aliphatic heterocycles. The van der Waals surface area contributed by atoms with Gasteiger partial charge >= 0.3 is 11.9 Å². The molecule has 0 fully saturated rings. The summed E-state index contributed by atoms with van der Waals surface area (Å²) in [4.78, 5) is 104. The van der Waals surface area contributed by atoms with E-state index in [9.17, 15) is 39.0 Å². The van der Waals surface area contributed by atoms with E-state index in [2.05, 4.69) is 61.1 Å². The van der Waals surface area contributed by atoms with Crippen molar-refractivity contribution >= 4 is 35.6 Å². The first-order valence-electron chi connectivity index (χ1n) is 15.3. The summed E-state index contributed by atoms with van der Waals surface area (Å²) in [6, 6.07) is -6.74. The van der Waals surface area contributed by atoms with Gasteiger partial charge < -0.3 is 57.1 Å². The zero-order valence-electron chi connectivity index (χ0n) is 26.5. The fourth-order valence-electron chi connectivity index (χ4n) is 4.81. The van der Waals surface area contributed by atoms with Crippen LogP contribution in [0.25, 0.3) is 0 Å². The Balaban J connectivity index is 1.51. The molecule has 4 rings (SSSR count). The number of amides is 4. The number of carbonyl (C=O) groups is 6. The molecule has 0 unspecified atom stereocenters. The second-order valence-electron chi connectivity index (χ2n) is 11.2. The maximum absolute atomic E-state index is 13.7. The number of nitrogens with one attached hydrogen (secondary N) is 8. The first-order valence-corrected chi connectivity index (χ1v) is 15.3. The first kappa shape index (κ1) is 36.5. The SMILES string of the molecule is N[C@@H](Cc1c[nH]cn1)C(=O)N[C@@H](Cc1c[nH]cn1)C(=O)N[C@@H](CCC(=O)O)C(=O)N[C@@H](Cc1c[nH]cn1)C(=O)N[C@@H](Cc1c[nH]cn1)C(=O)O. The largest absolute Gasteiger partial charge is 0.481 e. The lowest BCUT2D eigenvalue weighted by atomic mass is 10.0. The molecule has 0 saturated heterocycles. The predicted octanol–water partition coefficient (Wildman–Crippen LogP) is -2.93. The van der Waals surface area contributed by atoms with Crippen LogP contribution in [0, 0.1) is 0 Å². The van der Waals surface area contributed by atoms with Crippen LogP contribution in [0.15, 0.2) is 50.1 Å². The molecule has 4 aromatic rings. The van der Waals surface area contributed by atoms with Gasteiger partial charge in [-0.05, 0) is 6.42 Å². The van der Waals surface area contributed by atoms with Crippen molar-refractivity contribution < 1.29 is 39.0 Å². The van der Waals surface area contributed by atoms with E-state index in [0.29, 0.717) is 22.8 Å². The lowest BCUT2D eigenvalue weighted by Gasteiger charge is -2.26. The lowest BCUT2D eigenvalue weighted by molar-refractivity contribution is -0.142. The Morgan fingerprint density at radius 3 is 1.32 bits per heavy atom. The van der Waals surface area contributed by atoms with E-state index in [-0.39, 0.29) is 25.7 Å². The molecule has 50 heavy (non-hydrogen) atoms. The molecule has 0 aliphatic rings. The number of hydrogen-bond acceptors (Lipinski definition) is 11. The molecule has 266 valence electrons. The second kappa shape index (κ2) is 17.7. The van der Waals surface area contributed by atoms with Gasteiger partial charge in [0.1, 0.15) is 24.2 Å². The van der Waals surface area contributed by atoms with Crippen molar-refractivity contribution in [3.63, 3.8) is 0 Å². The third-order valence-electron chi connectivity index (χ3n) is 7.39. The number of aromatic nitrogens is 8. The monoisotopic (exact) mass is 695 g/mol. The summed E-state index contributed by atoms with van der Waals surface area (Å²) in [5.41, 5.74) is 7.65. The highest BCUT2D eigenvalue weighted by molar-refractivity contribution is 5.95. The molecule has 21 nitrogen and oxygen atoms in total. The van der Waals surface area contributed by atoms with Crippen molar-refractivity contribution in [2.45, 2.75) is 68.7 Å². The second-order valence-corrected chi connectivity index (χ2v) is 11.2. The van der Waals surface area contributed by atoms with Gasteiger partial charge in [0.2, 0.25) is 23.6 Å². The zero-order valence-corrected chi connectivity index (χ0v) is 26.5. The minimum Gasteiger partial charge on any atom is -0.481 e. The van der Waals surface area contributed by atoms with E-state index < -0.39 is 78.6 Å². The molecule has 0 radical (unpaired) electrons. The average molecular weight is 696 g/mol. The maximum Gasteiger partial charge on any atom is 0.326 e. The Bertz CT molecular complexity index is 1690. The molecule has 12 N–H and O–H groups in total. The predicted molar refractivity (Wildman–Crippen MR) is 169 cm³/mol. The van der Waals surface area contributed by atoms with Crippen molar-refractivity contribution in [3.8, 4) is 0 Å². The van der Waals surface area contributed by atoms with E-state index in [1.807, 2.05) is 0 Å². The fourth-order valence-corrected chi connectivity index (χ4v) is 4.81. The lowest BCUT2D eigenvalue weighted by Crippen LogP contribution is -2.59. The van der Waals surface area contributed by atoms with E-state index >= 15 is 0 Å². The number of aliphatic carboxylic acids is 2. The normalized spacial score (nSPS) is 14.0. The standard InChI is InChI=1S/C29H37N13O8/c30-19(3-15-7-31-11-35-15)25(45)40-21(4-16-8-32-12-36-16)27(47)39-20(1-2-24(43)44)26(46)41-22(5-17-9-33-13-37-17)28(48)42-23(29(49)50)6-18-10-34-14-38-18/h7-14,19-23H,1-6,30H2,(H,31,35)(H,32,36)(H,33,37)(H,34,38)(H,39,47)(H,40,45)(H,41,46)(H,42,48)(H,43,44)(H,49,50)/t19-,20-,21-,22-,23-/m0/s1. The van der Waals surface area contributed by atoms with Gasteiger partial charge in [-0.25, -0.2) is 24.7 Å². The van der Waals surface area contributed by atoms with Gasteiger partial charge in [0.05, 0.1) is 54.1 Å². The molecule has 4 heterocycles. The van der Waals surface area contributed by atoms with Gasteiger partial charge in [-0.3, -0.25) is 24.0 Å². The topological polar surface area (TPSA) is 332 Å². The highest BCUT2D eigenvalue weighted by Gasteiger charge is 2.33. The summed E-state index contributed by atoms with van der Waals surface area (Å²) in [5, 5.41) is 29.0. The molecule has 0 bridgehead atoms. The minimum absolute atomic E-state index is 0.0552. The quantitative estimate of drug-likeness (QED) is 0.0441. The van der Waals surface area contributed by atoms with Crippen LogP contribution in [0.3, 0.4) is 0 Å². The van der Waals surface area contributed by atoms with Crippen LogP contribution < -0.4 is 27.0 Å². The third kappa shape index (κ3) is 11.1. The summed E-state index contributed by atoms with van der Waals surface area (Å²) in [7, 11) is 0. The van der Waals surface area contributed by atoms with Gasteiger partial charge in [-0.2, -0.15) is 0 Å². The van der Waals surface area contributed by atoms with Gasteiger partial charge in [-0.15, -0.1) is 0 Å².